The highest BCUT2D eigenvalue weighted by molar-refractivity contribution is 14.1. The van der Waals surface area contributed by atoms with Crippen LogP contribution in [0.1, 0.15) is 12.8 Å². The predicted octanol–water partition coefficient (Wildman–Crippen LogP) is 1.71. The van der Waals surface area contributed by atoms with E-state index in [9.17, 15) is 12.8 Å². The SMILES string of the molecule is O=S(=O)(NCCCCI)c1cncc(F)c1. The highest BCUT2D eigenvalue weighted by Crippen LogP contribution is 2.08. The van der Waals surface area contributed by atoms with Gasteiger partial charge in [-0.05, 0) is 23.3 Å². The molecule has 1 heterocycles. The molecule has 0 saturated heterocycles. The maximum absolute atomic E-state index is 12.8. The van der Waals surface area contributed by atoms with Crippen LogP contribution < -0.4 is 4.72 Å². The Morgan fingerprint density at radius 1 is 1.38 bits per heavy atom. The summed E-state index contributed by atoms with van der Waals surface area (Å²) >= 11 is 2.23. The number of sulfonamides is 1. The number of halogens is 2. The van der Waals surface area contributed by atoms with Gasteiger partial charge in [-0.1, -0.05) is 22.6 Å². The minimum Gasteiger partial charge on any atom is -0.260 e. The molecule has 0 atom stereocenters. The summed E-state index contributed by atoms with van der Waals surface area (Å²) in [6, 6.07) is 0.952. The molecule has 0 amide bonds. The van der Waals surface area contributed by atoms with Crippen LogP contribution in [0.2, 0.25) is 0 Å². The molecule has 4 nitrogen and oxygen atoms in total. The fourth-order valence-corrected chi connectivity index (χ4v) is 2.64. The molecule has 0 radical (unpaired) electrons. The number of hydrogen-bond acceptors (Lipinski definition) is 3. The lowest BCUT2D eigenvalue weighted by atomic mass is 10.3. The van der Waals surface area contributed by atoms with Crippen LogP contribution >= 0.6 is 22.6 Å². The van der Waals surface area contributed by atoms with E-state index in [1.54, 1.807) is 0 Å². The van der Waals surface area contributed by atoms with Gasteiger partial charge in [0.15, 0.2) is 0 Å². The van der Waals surface area contributed by atoms with Crippen molar-refractivity contribution < 1.29 is 12.8 Å². The molecule has 1 N–H and O–H groups in total. The Morgan fingerprint density at radius 3 is 2.75 bits per heavy atom. The first-order valence-corrected chi connectivity index (χ1v) is 7.73. The van der Waals surface area contributed by atoms with E-state index in [0.29, 0.717) is 6.54 Å². The molecule has 1 rings (SSSR count). The molecule has 0 aromatic carbocycles. The zero-order chi connectivity index (χ0) is 12.0. The number of hydrogen-bond donors (Lipinski definition) is 1. The molecule has 1 aromatic heterocycles. The second kappa shape index (κ2) is 6.45. The van der Waals surface area contributed by atoms with Gasteiger partial charge in [-0.3, -0.25) is 4.98 Å². The van der Waals surface area contributed by atoms with E-state index in [0.717, 1.165) is 35.7 Å². The molecule has 90 valence electrons. The third-order valence-corrected chi connectivity index (χ3v) is 4.03. The molecule has 0 aliphatic heterocycles. The van der Waals surface area contributed by atoms with Gasteiger partial charge in [0.2, 0.25) is 10.0 Å². The Hall–Kier alpha value is -0.280. The Kier molecular flexibility index (Phi) is 5.56. The average molecular weight is 358 g/mol. The minimum absolute atomic E-state index is 0.137. The van der Waals surface area contributed by atoms with Gasteiger partial charge in [0.05, 0.1) is 6.20 Å². The Morgan fingerprint density at radius 2 is 2.12 bits per heavy atom. The van der Waals surface area contributed by atoms with Crippen molar-refractivity contribution in [3.05, 3.63) is 24.3 Å². The van der Waals surface area contributed by atoms with Gasteiger partial charge in [0, 0.05) is 12.7 Å². The maximum atomic E-state index is 12.8. The Balaban J connectivity index is 2.64. The fourth-order valence-electron chi connectivity index (χ4n) is 1.05. The largest absolute Gasteiger partial charge is 0.260 e. The van der Waals surface area contributed by atoms with Gasteiger partial charge < -0.3 is 0 Å². The molecular formula is C9H12FIN2O2S. The summed E-state index contributed by atoms with van der Waals surface area (Å²) in [4.78, 5) is 3.36. The highest BCUT2D eigenvalue weighted by Gasteiger charge is 2.14. The minimum atomic E-state index is -3.62. The van der Waals surface area contributed by atoms with Gasteiger partial charge in [-0.2, -0.15) is 0 Å². The van der Waals surface area contributed by atoms with Crippen molar-refractivity contribution in [1.29, 1.82) is 0 Å². The molecule has 0 saturated carbocycles. The van der Waals surface area contributed by atoms with Gasteiger partial charge in [-0.25, -0.2) is 17.5 Å². The van der Waals surface area contributed by atoms with Crippen molar-refractivity contribution in [3.8, 4) is 0 Å². The summed E-state index contributed by atoms with van der Waals surface area (Å²) < 4.78 is 39.4. The van der Waals surface area contributed by atoms with Gasteiger partial charge in [-0.15, -0.1) is 0 Å². The van der Waals surface area contributed by atoms with Gasteiger partial charge >= 0.3 is 0 Å². The number of unbranched alkanes of at least 4 members (excludes halogenated alkanes) is 1. The van der Waals surface area contributed by atoms with E-state index in [2.05, 4.69) is 32.3 Å². The molecule has 0 spiro atoms. The standard InChI is InChI=1S/C9H12FIN2O2S/c10-8-5-9(7-12-6-8)16(14,15)13-4-2-1-3-11/h5-7,13H,1-4H2. The molecule has 7 heteroatoms. The number of aromatic nitrogens is 1. The molecular weight excluding hydrogens is 346 g/mol. The van der Waals surface area contributed by atoms with Crippen molar-refractivity contribution >= 4 is 32.6 Å². The second-order valence-corrected chi connectivity index (χ2v) is 5.98. The number of nitrogens with zero attached hydrogens (tertiary/aromatic N) is 1. The van der Waals surface area contributed by atoms with Crippen LogP contribution in [-0.4, -0.2) is 24.4 Å². The van der Waals surface area contributed by atoms with Crippen LogP contribution in [0, 0.1) is 5.82 Å². The molecule has 0 fully saturated rings. The first-order chi connectivity index (χ1) is 7.56. The van der Waals surface area contributed by atoms with Gasteiger partial charge in [0.25, 0.3) is 0 Å². The molecule has 0 unspecified atom stereocenters. The molecule has 0 aliphatic carbocycles. The van der Waals surface area contributed by atoms with E-state index in [1.807, 2.05) is 0 Å². The van der Waals surface area contributed by atoms with Crippen LogP contribution in [0.25, 0.3) is 0 Å². The van der Waals surface area contributed by atoms with E-state index < -0.39 is 15.8 Å². The van der Waals surface area contributed by atoms with Crippen molar-refractivity contribution in [2.45, 2.75) is 17.7 Å². The molecule has 0 bridgehead atoms. The summed E-state index contributed by atoms with van der Waals surface area (Å²) in [6.45, 7) is 0.363. The normalized spacial score (nSPS) is 11.6. The quantitative estimate of drug-likeness (QED) is 0.479. The summed E-state index contributed by atoms with van der Waals surface area (Å²) in [5.41, 5.74) is 0. The number of nitrogens with one attached hydrogen (secondary N) is 1. The summed E-state index contributed by atoms with van der Waals surface area (Å²) in [5, 5.41) is 0. The Bertz CT molecular complexity index is 439. The lowest BCUT2D eigenvalue weighted by Crippen LogP contribution is -2.25. The van der Waals surface area contributed by atoms with Crippen LogP contribution in [0.5, 0.6) is 0 Å². The first kappa shape index (κ1) is 13.8. The van der Waals surface area contributed by atoms with Crippen molar-refractivity contribution in [2.24, 2.45) is 0 Å². The maximum Gasteiger partial charge on any atom is 0.242 e. The third kappa shape index (κ3) is 4.30. The summed E-state index contributed by atoms with van der Waals surface area (Å²) in [6.07, 6.45) is 3.81. The lowest BCUT2D eigenvalue weighted by Gasteiger charge is -2.05. The summed E-state index contributed by atoms with van der Waals surface area (Å²) in [5.74, 6) is -0.657. The van der Waals surface area contributed by atoms with Crippen molar-refractivity contribution in [3.63, 3.8) is 0 Å². The molecule has 16 heavy (non-hydrogen) atoms. The third-order valence-electron chi connectivity index (χ3n) is 1.84. The van der Waals surface area contributed by atoms with Crippen LogP contribution in [0.3, 0.4) is 0 Å². The van der Waals surface area contributed by atoms with E-state index in [-0.39, 0.29) is 4.90 Å². The smallest absolute Gasteiger partial charge is 0.242 e. The van der Waals surface area contributed by atoms with E-state index in [4.69, 9.17) is 0 Å². The van der Waals surface area contributed by atoms with Gasteiger partial charge in [0.1, 0.15) is 10.7 Å². The average Bonchev–Trinajstić information content (AvgIpc) is 2.24. The molecule has 0 aliphatic rings. The number of alkyl halides is 1. The highest BCUT2D eigenvalue weighted by atomic mass is 127. The van der Waals surface area contributed by atoms with Crippen LogP contribution in [0.4, 0.5) is 4.39 Å². The van der Waals surface area contributed by atoms with Crippen LogP contribution in [-0.2, 0) is 10.0 Å². The van der Waals surface area contributed by atoms with E-state index in [1.165, 1.54) is 0 Å². The summed E-state index contributed by atoms with van der Waals surface area (Å²) in [7, 11) is -3.62. The van der Waals surface area contributed by atoms with Crippen molar-refractivity contribution in [2.75, 3.05) is 11.0 Å². The zero-order valence-corrected chi connectivity index (χ0v) is 11.5. The fraction of sp³-hybridized carbons (Fsp3) is 0.444. The zero-order valence-electron chi connectivity index (χ0n) is 8.49. The number of rotatable bonds is 6. The second-order valence-electron chi connectivity index (χ2n) is 3.13. The van der Waals surface area contributed by atoms with Crippen LogP contribution in [0.15, 0.2) is 23.4 Å². The predicted molar refractivity (Wildman–Crippen MR) is 67.5 cm³/mol. The number of pyridine rings is 1. The monoisotopic (exact) mass is 358 g/mol. The topological polar surface area (TPSA) is 59.1 Å². The van der Waals surface area contributed by atoms with Crippen molar-refractivity contribution in [1.82, 2.24) is 9.71 Å². The molecule has 1 aromatic rings. The van der Waals surface area contributed by atoms with E-state index >= 15 is 0 Å². The first-order valence-electron chi connectivity index (χ1n) is 4.72. The Labute approximate surface area is 108 Å². The lowest BCUT2D eigenvalue weighted by molar-refractivity contribution is 0.573.